The summed E-state index contributed by atoms with van der Waals surface area (Å²) in [5.74, 6) is 0.298. The van der Waals surface area contributed by atoms with E-state index in [1.54, 1.807) is 31.4 Å². The highest BCUT2D eigenvalue weighted by atomic mass is 16.5. The first-order chi connectivity index (χ1) is 9.99. The lowest BCUT2D eigenvalue weighted by atomic mass is 10.1. The Kier molecular flexibility index (Phi) is 4.42. The van der Waals surface area contributed by atoms with Crippen LogP contribution in [0.5, 0.6) is 5.75 Å². The number of benzene rings is 1. The van der Waals surface area contributed by atoms with E-state index in [1.807, 2.05) is 19.9 Å². The summed E-state index contributed by atoms with van der Waals surface area (Å²) in [4.78, 5) is 16.4. The second kappa shape index (κ2) is 6.26. The van der Waals surface area contributed by atoms with Crippen molar-refractivity contribution in [1.29, 1.82) is 0 Å². The fraction of sp³-hybridized carbons (Fsp3) is 0.250. The van der Waals surface area contributed by atoms with Crippen LogP contribution < -0.4 is 10.5 Å². The van der Waals surface area contributed by atoms with Crippen molar-refractivity contribution in [2.75, 3.05) is 12.8 Å². The van der Waals surface area contributed by atoms with Crippen molar-refractivity contribution >= 4 is 11.7 Å². The number of ether oxygens (including phenoxy) is 2. The van der Waals surface area contributed by atoms with Gasteiger partial charge in [0.25, 0.3) is 0 Å². The van der Waals surface area contributed by atoms with E-state index < -0.39 is 5.97 Å². The fourth-order valence-electron chi connectivity index (χ4n) is 2.03. The summed E-state index contributed by atoms with van der Waals surface area (Å²) in [5, 5.41) is 0. The third-order valence-corrected chi connectivity index (χ3v) is 3.04. The van der Waals surface area contributed by atoms with E-state index in [0.29, 0.717) is 22.7 Å². The van der Waals surface area contributed by atoms with Gasteiger partial charge in [-0.05, 0) is 37.6 Å². The summed E-state index contributed by atoms with van der Waals surface area (Å²) in [6.45, 7) is 3.78. The van der Waals surface area contributed by atoms with Gasteiger partial charge in [-0.3, -0.25) is 4.98 Å². The highest BCUT2D eigenvalue weighted by Gasteiger charge is 2.11. The molecular weight excluding hydrogens is 268 g/mol. The van der Waals surface area contributed by atoms with E-state index in [0.717, 1.165) is 11.3 Å². The van der Waals surface area contributed by atoms with Gasteiger partial charge >= 0.3 is 5.97 Å². The Balaban J connectivity index is 2.09. The van der Waals surface area contributed by atoms with E-state index >= 15 is 0 Å². The monoisotopic (exact) mass is 286 g/mol. The summed E-state index contributed by atoms with van der Waals surface area (Å²) in [7, 11) is 1.59. The first-order valence-electron chi connectivity index (χ1n) is 6.54. The molecule has 1 heterocycles. The number of rotatable bonds is 4. The van der Waals surface area contributed by atoms with Crippen LogP contribution in [0.15, 0.2) is 30.3 Å². The molecule has 0 saturated carbocycles. The maximum absolute atomic E-state index is 12.1. The van der Waals surface area contributed by atoms with Crippen LogP contribution in [0.4, 0.5) is 5.69 Å². The smallest absolute Gasteiger partial charge is 0.338 e. The molecule has 0 aliphatic heterocycles. The lowest BCUT2D eigenvalue weighted by Gasteiger charge is -2.09. The van der Waals surface area contributed by atoms with Crippen molar-refractivity contribution in [2.45, 2.75) is 20.5 Å². The van der Waals surface area contributed by atoms with Crippen molar-refractivity contribution in [3.05, 3.63) is 52.8 Å². The van der Waals surface area contributed by atoms with Crippen molar-refractivity contribution < 1.29 is 14.3 Å². The molecule has 0 spiro atoms. The van der Waals surface area contributed by atoms with E-state index in [4.69, 9.17) is 15.2 Å². The lowest BCUT2D eigenvalue weighted by Crippen LogP contribution is -2.08. The Hall–Kier alpha value is -2.56. The Morgan fingerprint density at radius 1 is 1.24 bits per heavy atom. The first-order valence-corrected chi connectivity index (χ1v) is 6.54. The standard InChI is InChI=1S/C16H18N2O3/c1-10-6-12(17)4-5-15(10)16(19)21-9-13-8-14(20-3)7-11(2)18-13/h4-8H,9,17H2,1-3H3. The number of nitrogen functional groups attached to an aromatic ring is 1. The zero-order chi connectivity index (χ0) is 15.4. The third kappa shape index (κ3) is 3.72. The number of hydrogen-bond donors (Lipinski definition) is 1. The number of carbonyl (C=O) groups excluding carboxylic acids is 1. The average molecular weight is 286 g/mol. The quantitative estimate of drug-likeness (QED) is 0.691. The second-order valence-corrected chi connectivity index (χ2v) is 4.79. The van der Waals surface area contributed by atoms with Crippen molar-refractivity contribution in [3.63, 3.8) is 0 Å². The SMILES string of the molecule is COc1cc(C)nc(COC(=O)c2ccc(N)cc2C)c1. The molecule has 2 N–H and O–H groups in total. The number of pyridine rings is 1. The van der Waals surface area contributed by atoms with Gasteiger partial charge < -0.3 is 15.2 Å². The molecule has 2 aromatic rings. The van der Waals surface area contributed by atoms with Gasteiger partial charge in [0, 0.05) is 23.5 Å². The van der Waals surface area contributed by atoms with Crippen LogP contribution in [0.2, 0.25) is 0 Å². The second-order valence-electron chi connectivity index (χ2n) is 4.79. The average Bonchev–Trinajstić information content (AvgIpc) is 2.44. The van der Waals surface area contributed by atoms with Crippen molar-refractivity contribution in [2.24, 2.45) is 0 Å². The molecule has 0 radical (unpaired) electrons. The van der Waals surface area contributed by atoms with Gasteiger partial charge in [-0.1, -0.05) is 0 Å². The molecule has 1 aromatic carbocycles. The number of aromatic nitrogens is 1. The van der Waals surface area contributed by atoms with Crippen LogP contribution in [-0.2, 0) is 11.3 Å². The number of hydrogen-bond acceptors (Lipinski definition) is 5. The van der Waals surface area contributed by atoms with Crippen LogP contribution in [0, 0.1) is 13.8 Å². The van der Waals surface area contributed by atoms with Crippen LogP contribution in [0.1, 0.15) is 27.3 Å². The highest BCUT2D eigenvalue weighted by molar-refractivity contribution is 5.91. The molecule has 1 aromatic heterocycles. The number of aryl methyl sites for hydroxylation is 2. The summed E-state index contributed by atoms with van der Waals surface area (Å²) in [5.41, 5.74) is 9.03. The van der Waals surface area contributed by atoms with Crippen LogP contribution in [0.3, 0.4) is 0 Å². The van der Waals surface area contributed by atoms with Gasteiger partial charge in [0.05, 0.1) is 18.4 Å². The number of anilines is 1. The summed E-state index contributed by atoms with van der Waals surface area (Å²) >= 11 is 0. The summed E-state index contributed by atoms with van der Waals surface area (Å²) in [6, 6.07) is 8.64. The summed E-state index contributed by atoms with van der Waals surface area (Å²) in [6.07, 6.45) is 0. The van der Waals surface area contributed by atoms with E-state index in [2.05, 4.69) is 4.98 Å². The highest BCUT2D eigenvalue weighted by Crippen LogP contribution is 2.16. The zero-order valence-electron chi connectivity index (χ0n) is 12.3. The van der Waals surface area contributed by atoms with E-state index in [-0.39, 0.29) is 6.61 Å². The molecular formula is C16H18N2O3. The number of carbonyl (C=O) groups is 1. The normalized spacial score (nSPS) is 10.2. The molecule has 0 fully saturated rings. The minimum atomic E-state index is -0.394. The van der Waals surface area contributed by atoms with E-state index in [9.17, 15) is 4.79 Å². The van der Waals surface area contributed by atoms with Gasteiger partial charge in [-0.2, -0.15) is 0 Å². The Morgan fingerprint density at radius 3 is 2.67 bits per heavy atom. The van der Waals surface area contributed by atoms with Crippen LogP contribution >= 0.6 is 0 Å². The number of nitrogens with two attached hydrogens (primary N) is 1. The largest absolute Gasteiger partial charge is 0.497 e. The van der Waals surface area contributed by atoms with Crippen molar-refractivity contribution in [1.82, 2.24) is 4.98 Å². The molecule has 110 valence electrons. The third-order valence-electron chi connectivity index (χ3n) is 3.04. The maximum atomic E-state index is 12.1. The fourth-order valence-corrected chi connectivity index (χ4v) is 2.03. The molecule has 0 aliphatic carbocycles. The van der Waals surface area contributed by atoms with Crippen LogP contribution in [-0.4, -0.2) is 18.1 Å². The van der Waals surface area contributed by atoms with Gasteiger partial charge in [-0.25, -0.2) is 4.79 Å². The van der Waals surface area contributed by atoms with Gasteiger partial charge in [0.15, 0.2) is 0 Å². The van der Waals surface area contributed by atoms with Gasteiger partial charge in [0.2, 0.25) is 0 Å². The predicted molar refractivity (Wildman–Crippen MR) is 80.2 cm³/mol. The van der Waals surface area contributed by atoms with Gasteiger partial charge in [-0.15, -0.1) is 0 Å². The van der Waals surface area contributed by atoms with Crippen molar-refractivity contribution in [3.8, 4) is 5.75 Å². The van der Waals surface area contributed by atoms with E-state index in [1.165, 1.54) is 0 Å². The molecule has 5 nitrogen and oxygen atoms in total. The molecule has 0 unspecified atom stereocenters. The van der Waals surface area contributed by atoms with Crippen LogP contribution in [0.25, 0.3) is 0 Å². The Bertz CT molecular complexity index is 669. The topological polar surface area (TPSA) is 74.4 Å². The summed E-state index contributed by atoms with van der Waals surface area (Å²) < 4.78 is 10.5. The lowest BCUT2D eigenvalue weighted by molar-refractivity contribution is 0.0466. The molecule has 0 atom stereocenters. The first kappa shape index (κ1) is 14.8. The maximum Gasteiger partial charge on any atom is 0.338 e. The zero-order valence-corrected chi connectivity index (χ0v) is 12.3. The minimum Gasteiger partial charge on any atom is -0.497 e. The molecule has 2 rings (SSSR count). The molecule has 0 saturated heterocycles. The molecule has 5 heteroatoms. The predicted octanol–water partition coefficient (Wildman–Crippen LogP) is 2.65. The molecule has 0 amide bonds. The number of nitrogens with zero attached hydrogens (tertiary/aromatic N) is 1. The molecule has 21 heavy (non-hydrogen) atoms. The molecule has 0 aliphatic rings. The number of methoxy groups -OCH3 is 1. The Morgan fingerprint density at radius 2 is 2.00 bits per heavy atom. The number of esters is 1. The Labute approximate surface area is 123 Å². The molecule has 0 bridgehead atoms. The van der Waals surface area contributed by atoms with Gasteiger partial charge in [0.1, 0.15) is 12.4 Å². The minimum absolute atomic E-state index is 0.0979.